The van der Waals surface area contributed by atoms with Gasteiger partial charge in [-0.25, -0.2) is 4.98 Å². The molecule has 0 radical (unpaired) electrons. The van der Waals surface area contributed by atoms with Crippen LogP contribution < -0.4 is 0 Å². The Bertz CT molecular complexity index is 321. The summed E-state index contributed by atoms with van der Waals surface area (Å²) in [4.78, 5) is 3.90. The van der Waals surface area contributed by atoms with Crippen molar-refractivity contribution in [2.45, 2.75) is 6.92 Å². The van der Waals surface area contributed by atoms with Crippen LogP contribution in [0.25, 0.3) is 6.08 Å². The van der Waals surface area contributed by atoms with Gasteiger partial charge in [-0.05, 0) is 24.1 Å². The molecule has 1 rings (SSSR count). The van der Waals surface area contributed by atoms with Crippen LogP contribution in [0.2, 0.25) is 0 Å². The van der Waals surface area contributed by atoms with E-state index in [2.05, 4.69) is 11.6 Å². The standard InChI is InChI=1S/C9H8N2/c1-3-8-6-11-9(5-10)4-7(8)2/h3-4,6H,1H2,2H3. The molecule has 0 unspecified atom stereocenters. The second-order valence-corrected chi connectivity index (χ2v) is 2.24. The number of hydrogen-bond donors (Lipinski definition) is 0. The lowest BCUT2D eigenvalue weighted by Crippen LogP contribution is -1.86. The van der Waals surface area contributed by atoms with Crippen LogP contribution in [0, 0.1) is 18.3 Å². The second-order valence-electron chi connectivity index (χ2n) is 2.24. The van der Waals surface area contributed by atoms with Gasteiger partial charge in [0.15, 0.2) is 0 Å². The third-order valence-electron chi connectivity index (χ3n) is 1.49. The van der Waals surface area contributed by atoms with E-state index >= 15 is 0 Å². The van der Waals surface area contributed by atoms with Crippen molar-refractivity contribution in [3.8, 4) is 6.07 Å². The van der Waals surface area contributed by atoms with Gasteiger partial charge < -0.3 is 0 Å². The fourth-order valence-corrected chi connectivity index (χ4v) is 0.841. The van der Waals surface area contributed by atoms with E-state index in [9.17, 15) is 0 Å². The molecule has 0 saturated carbocycles. The highest BCUT2D eigenvalue weighted by Gasteiger charge is 1.95. The van der Waals surface area contributed by atoms with Crippen LogP contribution in [0.1, 0.15) is 16.8 Å². The minimum atomic E-state index is 0.452. The molecule has 0 aliphatic heterocycles. The third-order valence-corrected chi connectivity index (χ3v) is 1.49. The fraction of sp³-hybridized carbons (Fsp3) is 0.111. The average molecular weight is 144 g/mol. The van der Waals surface area contributed by atoms with Crippen molar-refractivity contribution in [1.82, 2.24) is 4.98 Å². The van der Waals surface area contributed by atoms with Crippen molar-refractivity contribution in [2.24, 2.45) is 0 Å². The van der Waals surface area contributed by atoms with Crippen molar-refractivity contribution in [3.63, 3.8) is 0 Å². The van der Waals surface area contributed by atoms with Gasteiger partial charge in [0.25, 0.3) is 0 Å². The maximum atomic E-state index is 8.49. The van der Waals surface area contributed by atoms with Crippen molar-refractivity contribution in [3.05, 3.63) is 35.7 Å². The predicted molar refractivity (Wildman–Crippen MR) is 43.8 cm³/mol. The molecule has 0 spiro atoms. The van der Waals surface area contributed by atoms with E-state index in [1.807, 2.05) is 13.0 Å². The molecule has 2 heteroatoms. The molecule has 0 amide bonds. The van der Waals surface area contributed by atoms with Crippen LogP contribution in [0.5, 0.6) is 0 Å². The molecule has 0 saturated heterocycles. The monoisotopic (exact) mass is 144 g/mol. The first-order valence-corrected chi connectivity index (χ1v) is 3.27. The number of aromatic nitrogens is 1. The SMILES string of the molecule is C=Cc1cnc(C#N)cc1C. The normalized spacial score (nSPS) is 8.73. The lowest BCUT2D eigenvalue weighted by molar-refractivity contribution is 1.22. The highest BCUT2D eigenvalue weighted by molar-refractivity contribution is 5.51. The van der Waals surface area contributed by atoms with E-state index in [0.29, 0.717) is 5.69 Å². The Morgan fingerprint density at radius 2 is 2.45 bits per heavy atom. The van der Waals surface area contributed by atoms with E-state index in [1.54, 1.807) is 18.3 Å². The van der Waals surface area contributed by atoms with Crippen LogP contribution >= 0.6 is 0 Å². The molecule has 0 N–H and O–H groups in total. The maximum absolute atomic E-state index is 8.49. The van der Waals surface area contributed by atoms with Gasteiger partial charge in [0.05, 0.1) is 0 Å². The summed E-state index contributed by atoms with van der Waals surface area (Å²) < 4.78 is 0. The zero-order chi connectivity index (χ0) is 8.27. The van der Waals surface area contributed by atoms with Crippen molar-refractivity contribution in [1.29, 1.82) is 5.26 Å². The molecule has 0 aliphatic carbocycles. The van der Waals surface area contributed by atoms with E-state index < -0.39 is 0 Å². The summed E-state index contributed by atoms with van der Waals surface area (Å²) in [7, 11) is 0. The first kappa shape index (κ1) is 7.49. The summed E-state index contributed by atoms with van der Waals surface area (Å²) in [6.45, 7) is 5.55. The van der Waals surface area contributed by atoms with Crippen LogP contribution in [0.15, 0.2) is 18.8 Å². The first-order chi connectivity index (χ1) is 5.27. The van der Waals surface area contributed by atoms with Gasteiger partial charge in [-0.1, -0.05) is 12.7 Å². The molecule has 0 fully saturated rings. The van der Waals surface area contributed by atoms with Crippen molar-refractivity contribution >= 4 is 6.08 Å². The summed E-state index contributed by atoms with van der Waals surface area (Å²) >= 11 is 0. The number of rotatable bonds is 1. The van der Waals surface area contributed by atoms with Gasteiger partial charge in [-0.15, -0.1) is 0 Å². The Morgan fingerprint density at radius 1 is 1.73 bits per heavy atom. The van der Waals surface area contributed by atoms with Gasteiger partial charge in [0, 0.05) is 6.20 Å². The Morgan fingerprint density at radius 3 is 2.91 bits per heavy atom. The third kappa shape index (κ3) is 1.44. The minimum Gasteiger partial charge on any atom is -0.245 e. The highest BCUT2D eigenvalue weighted by Crippen LogP contribution is 2.08. The largest absolute Gasteiger partial charge is 0.245 e. The molecular formula is C9H8N2. The summed E-state index contributed by atoms with van der Waals surface area (Å²) in [5, 5.41) is 8.49. The van der Waals surface area contributed by atoms with E-state index in [4.69, 9.17) is 5.26 Å². The summed E-state index contributed by atoms with van der Waals surface area (Å²) in [6.07, 6.45) is 3.38. The molecule has 1 aromatic rings. The Hall–Kier alpha value is -1.62. The lowest BCUT2D eigenvalue weighted by atomic mass is 10.1. The minimum absolute atomic E-state index is 0.452. The number of pyridine rings is 1. The molecule has 0 bridgehead atoms. The van der Waals surface area contributed by atoms with Gasteiger partial charge in [0.1, 0.15) is 11.8 Å². The summed E-state index contributed by atoms with van der Waals surface area (Å²) in [5.74, 6) is 0. The number of hydrogen-bond acceptors (Lipinski definition) is 2. The zero-order valence-electron chi connectivity index (χ0n) is 6.33. The zero-order valence-corrected chi connectivity index (χ0v) is 6.33. The number of aryl methyl sites for hydroxylation is 1. The molecule has 1 aromatic heterocycles. The quantitative estimate of drug-likeness (QED) is 0.603. The van der Waals surface area contributed by atoms with Crippen molar-refractivity contribution < 1.29 is 0 Å². The fourth-order valence-electron chi connectivity index (χ4n) is 0.841. The van der Waals surface area contributed by atoms with Crippen LogP contribution in [-0.4, -0.2) is 4.98 Å². The highest BCUT2D eigenvalue weighted by atomic mass is 14.7. The molecule has 0 atom stereocenters. The Kier molecular flexibility index (Phi) is 2.03. The Labute approximate surface area is 65.8 Å². The summed E-state index contributed by atoms with van der Waals surface area (Å²) in [5.41, 5.74) is 2.46. The smallest absolute Gasteiger partial charge is 0.140 e. The second kappa shape index (κ2) is 2.98. The molecule has 0 aromatic carbocycles. The van der Waals surface area contributed by atoms with E-state index in [0.717, 1.165) is 11.1 Å². The average Bonchev–Trinajstić information content (AvgIpc) is 2.04. The number of nitrogens with zero attached hydrogens (tertiary/aromatic N) is 2. The molecule has 11 heavy (non-hydrogen) atoms. The first-order valence-electron chi connectivity index (χ1n) is 3.27. The molecular weight excluding hydrogens is 136 g/mol. The molecule has 54 valence electrons. The van der Waals surface area contributed by atoms with Crippen LogP contribution in [0.4, 0.5) is 0 Å². The van der Waals surface area contributed by atoms with E-state index in [-0.39, 0.29) is 0 Å². The van der Waals surface area contributed by atoms with E-state index in [1.165, 1.54) is 0 Å². The lowest BCUT2D eigenvalue weighted by Gasteiger charge is -1.97. The maximum Gasteiger partial charge on any atom is 0.140 e. The topological polar surface area (TPSA) is 36.7 Å². The van der Waals surface area contributed by atoms with Gasteiger partial charge in [-0.3, -0.25) is 0 Å². The van der Waals surface area contributed by atoms with Crippen LogP contribution in [0.3, 0.4) is 0 Å². The molecule has 1 heterocycles. The van der Waals surface area contributed by atoms with Crippen molar-refractivity contribution in [2.75, 3.05) is 0 Å². The van der Waals surface area contributed by atoms with Gasteiger partial charge in [-0.2, -0.15) is 5.26 Å². The molecule has 0 aliphatic rings. The van der Waals surface area contributed by atoms with Crippen LogP contribution in [-0.2, 0) is 0 Å². The number of nitriles is 1. The molecule has 2 nitrogen and oxygen atoms in total. The predicted octanol–water partition coefficient (Wildman–Crippen LogP) is 1.90. The van der Waals surface area contributed by atoms with Gasteiger partial charge in [0.2, 0.25) is 0 Å². The summed E-state index contributed by atoms with van der Waals surface area (Å²) in [6, 6.07) is 3.72. The Balaban J connectivity index is 3.22. The van der Waals surface area contributed by atoms with Gasteiger partial charge >= 0.3 is 0 Å².